The first-order valence-corrected chi connectivity index (χ1v) is 6.83. The first kappa shape index (κ1) is 12.5. The minimum absolute atomic E-state index is 0.0347. The number of carbonyl (C=O) groups is 1. The number of aryl methyl sites for hydroxylation is 1. The quantitative estimate of drug-likeness (QED) is 0.866. The zero-order chi connectivity index (χ0) is 13.4. The maximum atomic E-state index is 12.6. The van der Waals surface area contributed by atoms with Crippen molar-refractivity contribution in [2.75, 3.05) is 25.5 Å². The second-order valence-electron chi connectivity index (χ2n) is 5.53. The van der Waals surface area contributed by atoms with Crippen LogP contribution in [0.5, 0.6) is 0 Å². The Kier molecular flexibility index (Phi) is 3.18. The highest BCUT2D eigenvalue weighted by molar-refractivity contribution is 5.97. The topological polar surface area (TPSA) is 73.4 Å². The van der Waals surface area contributed by atoms with Crippen LogP contribution in [0.3, 0.4) is 0 Å². The largest absolute Gasteiger partial charge is 0.396 e. The lowest BCUT2D eigenvalue weighted by Crippen LogP contribution is -2.38. The standard InChI is InChI=1S/C13H20N4O2/c1-16-7-11(14)12(15-16)13(18)17(10-2-3-10)6-9-4-5-19-8-9/h7,9-10H,2-6,8,14H2,1H3. The second kappa shape index (κ2) is 4.85. The van der Waals surface area contributed by atoms with Gasteiger partial charge in [-0.25, -0.2) is 0 Å². The fourth-order valence-electron chi connectivity index (χ4n) is 2.60. The summed E-state index contributed by atoms with van der Waals surface area (Å²) in [6, 6.07) is 0.370. The van der Waals surface area contributed by atoms with Crippen LogP contribution in [0.1, 0.15) is 29.8 Å². The molecule has 1 aromatic rings. The van der Waals surface area contributed by atoms with E-state index in [0.717, 1.165) is 39.0 Å². The van der Waals surface area contributed by atoms with E-state index in [1.807, 2.05) is 4.90 Å². The van der Waals surface area contributed by atoms with Gasteiger partial charge in [0.1, 0.15) is 0 Å². The molecule has 1 aliphatic heterocycles. The Bertz CT molecular complexity index is 475. The highest BCUT2D eigenvalue weighted by Crippen LogP contribution is 2.30. The molecule has 104 valence electrons. The Morgan fingerprint density at radius 2 is 2.37 bits per heavy atom. The highest BCUT2D eigenvalue weighted by atomic mass is 16.5. The van der Waals surface area contributed by atoms with Gasteiger partial charge >= 0.3 is 0 Å². The summed E-state index contributed by atoms with van der Waals surface area (Å²) in [5, 5.41) is 4.18. The Morgan fingerprint density at radius 1 is 1.58 bits per heavy atom. The highest BCUT2D eigenvalue weighted by Gasteiger charge is 2.36. The van der Waals surface area contributed by atoms with E-state index in [1.54, 1.807) is 17.9 Å². The van der Waals surface area contributed by atoms with Crippen LogP contribution in [-0.4, -0.2) is 46.4 Å². The molecule has 1 saturated carbocycles. The summed E-state index contributed by atoms with van der Waals surface area (Å²) in [5.74, 6) is 0.419. The molecular formula is C13H20N4O2. The molecule has 1 aliphatic carbocycles. The molecule has 1 amide bonds. The van der Waals surface area contributed by atoms with Crippen molar-refractivity contribution in [3.63, 3.8) is 0 Å². The van der Waals surface area contributed by atoms with Crippen molar-refractivity contribution in [3.8, 4) is 0 Å². The van der Waals surface area contributed by atoms with E-state index in [4.69, 9.17) is 10.5 Å². The Hall–Kier alpha value is -1.56. The smallest absolute Gasteiger partial charge is 0.276 e. The molecule has 2 fully saturated rings. The lowest BCUT2D eigenvalue weighted by Gasteiger charge is -2.24. The van der Waals surface area contributed by atoms with Gasteiger partial charge in [-0.15, -0.1) is 0 Å². The third-order valence-electron chi connectivity index (χ3n) is 3.79. The van der Waals surface area contributed by atoms with E-state index in [-0.39, 0.29) is 5.91 Å². The molecule has 0 spiro atoms. The summed E-state index contributed by atoms with van der Waals surface area (Å²) in [4.78, 5) is 14.5. The monoisotopic (exact) mass is 264 g/mol. The molecule has 1 atom stereocenters. The van der Waals surface area contributed by atoms with Gasteiger partial charge < -0.3 is 15.4 Å². The van der Waals surface area contributed by atoms with Gasteiger partial charge in [-0.1, -0.05) is 0 Å². The summed E-state index contributed by atoms with van der Waals surface area (Å²) >= 11 is 0. The van der Waals surface area contributed by atoms with Gasteiger partial charge in [0.25, 0.3) is 5.91 Å². The van der Waals surface area contributed by atoms with Gasteiger partial charge in [0.2, 0.25) is 0 Å². The van der Waals surface area contributed by atoms with Crippen molar-refractivity contribution >= 4 is 11.6 Å². The second-order valence-corrected chi connectivity index (χ2v) is 5.53. The fraction of sp³-hybridized carbons (Fsp3) is 0.692. The molecule has 3 rings (SSSR count). The van der Waals surface area contributed by atoms with Crippen LogP contribution in [0.15, 0.2) is 6.20 Å². The lowest BCUT2D eigenvalue weighted by molar-refractivity contribution is 0.0700. The predicted molar refractivity (Wildman–Crippen MR) is 70.6 cm³/mol. The number of ether oxygens (including phenoxy) is 1. The summed E-state index contributed by atoms with van der Waals surface area (Å²) < 4.78 is 6.98. The number of nitrogens with two attached hydrogens (primary N) is 1. The SMILES string of the molecule is Cn1cc(N)c(C(=O)N(CC2CCOC2)C2CC2)n1. The maximum absolute atomic E-state index is 12.6. The van der Waals surface area contributed by atoms with Crippen LogP contribution >= 0.6 is 0 Å². The molecular weight excluding hydrogens is 244 g/mol. The van der Waals surface area contributed by atoms with E-state index in [0.29, 0.717) is 23.3 Å². The van der Waals surface area contributed by atoms with Gasteiger partial charge in [-0.3, -0.25) is 9.48 Å². The Labute approximate surface area is 112 Å². The predicted octanol–water partition coefficient (Wildman–Crippen LogP) is 0.643. The van der Waals surface area contributed by atoms with Crippen molar-refractivity contribution in [3.05, 3.63) is 11.9 Å². The summed E-state index contributed by atoms with van der Waals surface area (Å²) in [6.07, 6.45) is 4.89. The molecule has 6 heteroatoms. The number of nitrogen functional groups attached to an aromatic ring is 1. The van der Waals surface area contributed by atoms with Crippen LogP contribution in [0.2, 0.25) is 0 Å². The molecule has 1 unspecified atom stereocenters. The van der Waals surface area contributed by atoms with E-state index >= 15 is 0 Å². The van der Waals surface area contributed by atoms with E-state index in [2.05, 4.69) is 5.10 Å². The van der Waals surface area contributed by atoms with Gasteiger partial charge in [0.05, 0.1) is 12.3 Å². The number of aromatic nitrogens is 2. The normalized spacial score (nSPS) is 22.7. The van der Waals surface area contributed by atoms with E-state index < -0.39 is 0 Å². The molecule has 2 heterocycles. The molecule has 2 aliphatic rings. The molecule has 1 saturated heterocycles. The average molecular weight is 264 g/mol. The number of amides is 1. The fourth-order valence-corrected chi connectivity index (χ4v) is 2.60. The summed E-state index contributed by atoms with van der Waals surface area (Å²) in [5.41, 5.74) is 6.70. The number of hydrogen-bond acceptors (Lipinski definition) is 4. The van der Waals surface area contributed by atoms with Crippen LogP contribution in [0.25, 0.3) is 0 Å². The van der Waals surface area contributed by atoms with Crippen LogP contribution < -0.4 is 5.73 Å². The Balaban J connectivity index is 1.75. The molecule has 0 aromatic carbocycles. The summed E-state index contributed by atoms with van der Waals surface area (Å²) in [6.45, 7) is 2.33. The van der Waals surface area contributed by atoms with Crippen LogP contribution in [0, 0.1) is 5.92 Å². The average Bonchev–Trinajstić information content (AvgIpc) is 2.97. The third kappa shape index (κ3) is 2.58. The number of carbonyl (C=O) groups excluding carboxylic acids is 1. The Morgan fingerprint density at radius 3 is 2.89 bits per heavy atom. The molecule has 1 aromatic heterocycles. The van der Waals surface area contributed by atoms with Crippen molar-refractivity contribution in [2.45, 2.75) is 25.3 Å². The maximum Gasteiger partial charge on any atom is 0.276 e. The number of hydrogen-bond donors (Lipinski definition) is 1. The molecule has 2 N–H and O–H groups in total. The lowest BCUT2D eigenvalue weighted by atomic mass is 10.1. The first-order valence-electron chi connectivity index (χ1n) is 6.83. The van der Waals surface area contributed by atoms with E-state index in [9.17, 15) is 4.79 Å². The van der Waals surface area contributed by atoms with Gasteiger partial charge in [-0.05, 0) is 19.3 Å². The number of nitrogens with zero attached hydrogens (tertiary/aromatic N) is 3. The molecule has 0 bridgehead atoms. The van der Waals surface area contributed by atoms with E-state index in [1.165, 1.54) is 0 Å². The zero-order valence-electron chi connectivity index (χ0n) is 11.2. The van der Waals surface area contributed by atoms with Gasteiger partial charge in [0, 0.05) is 38.4 Å². The van der Waals surface area contributed by atoms with Crippen molar-refractivity contribution in [1.29, 1.82) is 0 Å². The molecule has 19 heavy (non-hydrogen) atoms. The van der Waals surface area contributed by atoms with Crippen molar-refractivity contribution < 1.29 is 9.53 Å². The number of rotatable bonds is 4. The van der Waals surface area contributed by atoms with Gasteiger partial charge in [0.15, 0.2) is 5.69 Å². The number of anilines is 1. The van der Waals surface area contributed by atoms with Crippen molar-refractivity contribution in [2.24, 2.45) is 13.0 Å². The molecule has 0 radical (unpaired) electrons. The minimum atomic E-state index is -0.0347. The third-order valence-corrected chi connectivity index (χ3v) is 3.79. The molecule has 6 nitrogen and oxygen atoms in total. The van der Waals surface area contributed by atoms with Gasteiger partial charge in [-0.2, -0.15) is 5.10 Å². The van der Waals surface area contributed by atoms with Crippen LogP contribution in [-0.2, 0) is 11.8 Å². The summed E-state index contributed by atoms with van der Waals surface area (Å²) in [7, 11) is 1.78. The first-order chi connectivity index (χ1) is 9.15. The zero-order valence-corrected chi connectivity index (χ0v) is 11.2. The van der Waals surface area contributed by atoms with Crippen LogP contribution in [0.4, 0.5) is 5.69 Å². The van der Waals surface area contributed by atoms with Crippen molar-refractivity contribution in [1.82, 2.24) is 14.7 Å². The minimum Gasteiger partial charge on any atom is -0.396 e.